The lowest BCUT2D eigenvalue weighted by atomic mass is 10.2. The third-order valence-electron chi connectivity index (χ3n) is 3.38. The summed E-state index contributed by atoms with van der Waals surface area (Å²) in [7, 11) is 3.25. The lowest BCUT2D eigenvalue weighted by molar-refractivity contribution is 0.121. The zero-order valence-electron chi connectivity index (χ0n) is 11.5. The van der Waals surface area contributed by atoms with Gasteiger partial charge in [-0.2, -0.15) is 0 Å². The minimum absolute atomic E-state index is 0.417. The van der Waals surface area contributed by atoms with Crippen LogP contribution in [0.1, 0.15) is 5.69 Å². The third kappa shape index (κ3) is 1.79. The molecule has 5 nitrogen and oxygen atoms in total. The van der Waals surface area contributed by atoms with Gasteiger partial charge >= 0.3 is 6.16 Å². The highest BCUT2D eigenvalue weighted by atomic mass is 16.7. The quantitative estimate of drug-likeness (QED) is 0.637. The first-order valence-corrected chi connectivity index (χ1v) is 6.22. The molecule has 0 aliphatic carbocycles. The first-order valence-electron chi connectivity index (χ1n) is 6.22. The van der Waals surface area contributed by atoms with Crippen LogP contribution in [0, 0.1) is 6.92 Å². The van der Waals surface area contributed by atoms with E-state index in [-0.39, 0.29) is 0 Å². The maximum absolute atomic E-state index is 11.3. The Morgan fingerprint density at radius 3 is 2.75 bits per heavy atom. The predicted molar refractivity (Wildman–Crippen MR) is 76.0 cm³/mol. The number of benzene rings is 1. The van der Waals surface area contributed by atoms with Gasteiger partial charge in [0.05, 0.1) is 18.3 Å². The van der Waals surface area contributed by atoms with Crippen LogP contribution in [0.3, 0.4) is 0 Å². The third-order valence-corrected chi connectivity index (χ3v) is 3.38. The van der Waals surface area contributed by atoms with Crippen LogP contribution in [0.15, 0.2) is 30.3 Å². The number of aromatic nitrogens is 2. The summed E-state index contributed by atoms with van der Waals surface area (Å²) in [6.45, 7) is 1.80. The summed E-state index contributed by atoms with van der Waals surface area (Å²) in [6.07, 6.45) is -0.741. The summed E-state index contributed by atoms with van der Waals surface area (Å²) in [4.78, 5) is 15.8. The van der Waals surface area contributed by atoms with E-state index in [0.717, 1.165) is 21.9 Å². The summed E-state index contributed by atoms with van der Waals surface area (Å²) in [5.41, 5.74) is 2.60. The van der Waals surface area contributed by atoms with Gasteiger partial charge in [0.25, 0.3) is 0 Å². The molecule has 2 aromatic heterocycles. The number of aryl methyl sites for hydroxylation is 2. The topological polar surface area (TPSA) is 53.4 Å². The largest absolute Gasteiger partial charge is 0.513 e. The molecule has 0 radical (unpaired) electrons. The Bertz CT molecular complexity index is 821. The number of ether oxygens (including phenoxy) is 2. The first-order chi connectivity index (χ1) is 9.61. The van der Waals surface area contributed by atoms with Crippen molar-refractivity contribution in [2.45, 2.75) is 6.92 Å². The number of hydrogen-bond acceptors (Lipinski definition) is 4. The maximum Gasteiger partial charge on any atom is 0.513 e. The number of carbonyl (C=O) groups excluding carboxylic acids is 1. The molecule has 3 aromatic rings. The van der Waals surface area contributed by atoms with Crippen molar-refractivity contribution in [3.05, 3.63) is 36.0 Å². The van der Waals surface area contributed by atoms with Crippen molar-refractivity contribution in [2.24, 2.45) is 7.05 Å². The number of para-hydroxylation sites is 1. The van der Waals surface area contributed by atoms with Crippen LogP contribution in [-0.4, -0.2) is 22.8 Å². The van der Waals surface area contributed by atoms with Gasteiger partial charge in [-0.25, -0.2) is 9.78 Å². The summed E-state index contributed by atoms with van der Waals surface area (Å²) in [6, 6.07) is 9.85. The summed E-state index contributed by atoms with van der Waals surface area (Å²) < 4.78 is 11.7. The molecule has 20 heavy (non-hydrogen) atoms. The molecule has 5 heteroatoms. The second-order valence-corrected chi connectivity index (χ2v) is 4.58. The van der Waals surface area contributed by atoms with Gasteiger partial charge < -0.3 is 14.0 Å². The van der Waals surface area contributed by atoms with Crippen molar-refractivity contribution < 1.29 is 14.3 Å². The van der Waals surface area contributed by atoms with Crippen LogP contribution >= 0.6 is 0 Å². The summed E-state index contributed by atoms with van der Waals surface area (Å²) in [5.74, 6) is 0.417. The molecule has 0 unspecified atom stereocenters. The molecule has 0 saturated carbocycles. The molecule has 0 spiro atoms. The summed E-state index contributed by atoms with van der Waals surface area (Å²) >= 11 is 0. The van der Waals surface area contributed by atoms with E-state index in [4.69, 9.17) is 4.74 Å². The second-order valence-electron chi connectivity index (χ2n) is 4.58. The Labute approximate surface area is 115 Å². The Kier molecular flexibility index (Phi) is 2.82. The molecule has 3 rings (SSSR count). The summed E-state index contributed by atoms with van der Waals surface area (Å²) in [5, 5.41) is 2.03. The van der Waals surface area contributed by atoms with Crippen molar-refractivity contribution in [1.29, 1.82) is 0 Å². The number of pyridine rings is 1. The molecular weight excluding hydrogens is 256 g/mol. The van der Waals surface area contributed by atoms with E-state index in [1.54, 1.807) is 6.92 Å². The zero-order valence-corrected chi connectivity index (χ0v) is 11.5. The van der Waals surface area contributed by atoms with Crippen molar-refractivity contribution in [3.8, 4) is 5.75 Å². The van der Waals surface area contributed by atoms with Crippen molar-refractivity contribution in [2.75, 3.05) is 7.11 Å². The number of hydrogen-bond donors (Lipinski definition) is 0. The number of methoxy groups -OCH3 is 1. The molecule has 0 aliphatic heterocycles. The van der Waals surface area contributed by atoms with E-state index in [1.807, 2.05) is 41.9 Å². The van der Waals surface area contributed by atoms with Crippen LogP contribution in [0.25, 0.3) is 21.9 Å². The Morgan fingerprint density at radius 1 is 1.25 bits per heavy atom. The van der Waals surface area contributed by atoms with Crippen molar-refractivity contribution in [3.63, 3.8) is 0 Å². The molecule has 1 aromatic carbocycles. The normalized spacial score (nSPS) is 10.9. The van der Waals surface area contributed by atoms with Gasteiger partial charge in [-0.3, -0.25) is 0 Å². The Morgan fingerprint density at radius 2 is 2.00 bits per heavy atom. The van der Waals surface area contributed by atoms with Crippen LogP contribution in [0.4, 0.5) is 4.79 Å². The van der Waals surface area contributed by atoms with E-state index in [9.17, 15) is 4.79 Å². The molecule has 0 amide bonds. The molecule has 0 aliphatic rings. The SMILES string of the molecule is COC(=O)Oc1cc2c3ccccc3n(C)c2nc1C. The number of carbonyl (C=O) groups is 1. The van der Waals surface area contributed by atoms with E-state index in [2.05, 4.69) is 9.72 Å². The van der Waals surface area contributed by atoms with Gasteiger partial charge in [-0.1, -0.05) is 18.2 Å². The average molecular weight is 270 g/mol. The molecule has 102 valence electrons. The standard InChI is InChI=1S/C15H14N2O3/c1-9-13(20-15(18)19-3)8-11-10-6-4-5-7-12(10)17(2)14(11)16-9/h4-8H,1-3H3. The second kappa shape index (κ2) is 4.52. The van der Waals surface area contributed by atoms with E-state index in [1.165, 1.54) is 7.11 Å². The van der Waals surface area contributed by atoms with Crippen LogP contribution in [-0.2, 0) is 11.8 Å². The van der Waals surface area contributed by atoms with Gasteiger partial charge in [0, 0.05) is 17.8 Å². The molecule has 0 fully saturated rings. The molecule has 0 saturated heterocycles. The monoisotopic (exact) mass is 270 g/mol. The first kappa shape index (κ1) is 12.5. The van der Waals surface area contributed by atoms with E-state index >= 15 is 0 Å². The number of nitrogens with zero attached hydrogens (tertiary/aromatic N) is 2. The number of rotatable bonds is 1. The molecule has 0 atom stereocenters. The van der Waals surface area contributed by atoms with Gasteiger partial charge in [-0.15, -0.1) is 0 Å². The highest BCUT2D eigenvalue weighted by molar-refractivity contribution is 6.07. The zero-order chi connectivity index (χ0) is 14.3. The Hall–Kier alpha value is -2.56. The Balaban J connectivity index is 2.28. The minimum Gasteiger partial charge on any atom is -0.437 e. The van der Waals surface area contributed by atoms with Gasteiger partial charge in [-0.05, 0) is 19.1 Å². The lowest BCUT2D eigenvalue weighted by Crippen LogP contribution is -2.08. The molecule has 2 heterocycles. The molecule has 0 bridgehead atoms. The predicted octanol–water partition coefficient (Wildman–Crippen LogP) is 3.18. The smallest absolute Gasteiger partial charge is 0.437 e. The van der Waals surface area contributed by atoms with Gasteiger partial charge in [0.15, 0.2) is 5.75 Å². The van der Waals surface area contributed by atoms with Crippen molar-refractivity contribution in [1.82, 2.24) is 9.55 Å². The minimum atomic E-state index is -0.741. The van der Waals surface area contributed by atoms with Gasteiger partial charge in [0.1, 0.15) is 5.65 Å². The fourth-order valence-corrected chi connectivity index (χ4v) is 2.37. The average Bonchev–Trinajstić information content (AvgIpc) is 2.73. The highest BCUT2D eigenvalue weighted by Crippen LogP contribution is 2.31. The lowest BCUT2D eigenvalue weighted by Gasteiger charge is -2.06. The van der Waals surface area contributed by atoms with Crippen LogP contribution < -0.4 is 4.74 Å². The maximum atomic E-state index is 11.3. The van der Waals surface area contributed by atoms with Crippen LogP contribution in [0.2, 0.25) is 0 Å². The van der Waals surface area contributed by atoms with E-state index < -0.39 is 6.16 Å². The number of fused-ring (bicyclic) bond motifs is 3. The van der Waals surface area contributed by atoms with Gasteiger partial charge in [0.2, 0.25) is 0 Å². The molecular formula is C15H14N2O3. The molecule has 0 N–H and O–H groups in total. The fraction of sp³-hybridized carbons (Fsp3) is 0.200. The highest BCUT2D eigenvalue weighted by Gasteiger charge is 2.14. The van der Waals surface area contributed by atoms with E-state index in [0.29, 0.717) is 11.4 Å². The van der Waals surface area contributed by atoms with Crippen molar-refractivity contribution >= 4 is 28.1 Å². The van der Waals surface area contributed by atoms with Crippen LogP contribution in [0.5, 0.6) is 5.75 Å². The fourth-order valence-electron chi connectivity index (χ4n) is 2.37.